The van der Waals surface area contributed by atoms with Gasteiger partial charge in [0.05, 0.1) is 17.8 Å². The van der Waals surface area contributed by atoms with Crippen LogP contribution >= 0.6 is 0 Å². The van der Waals surface area contributed by atoms with Crippen LogP contribution in [0.2, 0.25) is 0 Å². The number of carbonyl (C=O) groups excluding carboxylic acids is 1. The maximum Gasteiger partial charge on any atom is 0.418 e. The van der Waals surface area contributed by atoms with Gasteiger partial charge in [-0.2, -0.15) is 13.2 Å². The topological polar surface area (TPSA) is 63.1 Å². The highest BCUT2D eigenvalue weighted by Gasteiger charge is 2.34. The van der Waals surface area contributed by atoms with Crippen molar-refractivity contribution in [2.75, 3.05) is 25.0 Å². The lowest BCUT2D eigenvalue weighted by molar-refractivity contribution is -0.137. The molecule has 1 saturated heterocycles. The van der Waals surface area contributed by atoms with Crippen molar-refractivity contribution in [3.8, 4) is 0 Å². The number of alkyl halides is 3. The number of hydrogen-bond acceptors (Lipinski definition) is 4. The summed E-state index contributed by atoms with van der Waals surface area (Å²) < 4.78 is 41.4. The molecule has 4 rings (SSSR count). The Bertz CT molecular complexity index is 846. The van der Waals surface area contributed by atoms with E-state index >= 15 is 0 Å². The van der Waals surface area contributed by atoms with Gasteiger partial charge in [0.25, 0.3) is 0 Å². The number of hydrogen-bond donors (Lipinski definition) is 1. The second-order valence-electron chi connectivity index (χ2n) is 7.49. The zero-order valence-electron chi connectivity index (χ0n) is 15.3. The lowest BCUT2D eigenvalue weighted by atomic mass is 9.97. The second-order valence-corrected chi connectivity index (χ2v) is 7.49. The summed E-state index contributed by atoms with van der Waals surface area (Å²) in [5, 5.41) is 10.7. The standard InChI is InChI=1S/C19H22F3N5O/c20-19(21,22)15-5-1-2-6-16(15)24-17(28)11-26-9-3-4-13(10-26)18-25-23-12-27(18)14-7-8-14/h1-2,5-6,12-14H,3-4,7-11H2,(H,24,28). The molecule has 0 spiro atoms. The largest absolute Gasteiger partial charge is 0.418 e. The zero-order valence-corrected chi connectivity index (χ0v) is 15.3. The number of aromatic nitrogens is 3. The van der Waals surface area contributed by atoms with Gasteiger partial charge in [0.2, 0.25) is 5.91 Å². The fourth-order valence-electron chi connectivity index (χ4n) is 3.82. The van der Waals surface area contributed by atoms with Crippen LogP contribution in [0.1, 0.15) is 49.0 Å². The van der Waals surface area contributed by atoms with Gasteiger partial charge in [0, 0.05) is 18.5 Å². The van der Waals surface area contributed by atoms with Crippen LogP contribution in [0.5, 0.6) is 0 Å². The van der Waals surface area contributed by atoms with Gasteiger partial charge in [0.15, 0.2) is 0 Å². The molecule has 150 valence electrons. The molecule has 0 radical (unpaired) electrons. The van der Waals surface area contributed by atoms with Crippen LogP contribution in [0.15, 0.2) is 30.6 Å². The third-order valence-corrected chi connectivity index (χ3v) is 5.29. The summed E-state index contributed by atoms with van der Waals surface area (Å²) in [4.78, 5) is 14.4. The Balaban J connectivity index is 1.39. The van der Waals surface area contributed by atoms with Crippen molar-refractivity contribution in [3.63, 3.8) is 0 Å². The minimum Gasteiger partial charge on any atom is -0.324 e. The average Bonchev–Trinajstić information content (AvgIpc) is 3.38. The molecule has 1 saturated carbocycles. The Morgan fingerprint density at radius 1 is 1.21 bits per heavy atom. The highest BCUT2D eigenvalue weighted by Crippen LogP contribution is 2.38. The first-order chi connectivity index (χ1) is 13.4. The molecular weight excluding hydrogens is 371 g/mol. The SMILES string of the molecule is O=C(CN1CCCC(c2nncn2C2CC2)C1)Nc1ccccc1C(F)(F)F. The first-order valence-electron chi connectivity index (χ1n) is 9.49. The summed E-state index contributed by atoms with van der Waals surface area (Å²) in [5.74, 6) is 0.697. The number of rotatable bonds is 5. The van der Waals surface area contributed by atoms with Crippen molar-refractivity contribution in [2.24, 2.45) is 0 Å². The van der Waals surface area contributed by atoms with E-state index in [4.69, 9.17) is 0 Å². The molecule has 28 heavy (non-hydrogen) atoms. The number of nitrogens with one attached hydrogen (secondary N) is 1. The summed E-state index contributed by atoms with van der Waals surface area (Å²) in [6, 6.07) is 5.52. The predicted molar refractivity (Wildman–Crippen MR) is 96.8 cm³/mol. The number of nitrogens with zero attached hydrogens (tertiary/aromatic N) is 4. The van der Waals surface area contributed by atoms with Crippen LogP contribution in [0.25, 0.3) is 0 Å². The molecule has 2 aromatic rings. The van der Waals surface area contributed by atoms with Crippen LogP contribution in [-0.4, -0.2) is 45.2 Å². The van der Waals surface area contributed by atoms with Crippen LogP contribution < -0.4 is 5.32 Å². The highest BCUT2D eigenvalue weighted by atomic mass is 19.4. The van der Waals surface area contributed by atoms with E-state index in [-0.39, 0.29) is 18.2 Å². The molecule has 1 atom stereocenters. The van der Waals surface area contributed by atoms with Crippen LogP contribution in [0.4, 0.5) is 18.9 Å². The summed E-state index contributed by atoms with van der Waals surface area (Å²) in [7, 11) is 0. The quantitative estimate of drug-likeness (QED) is 0.845. The number of carbonyl (C=O) groups is 1. The Morgan fingerprint density at radius 2 is 2.00 bits per heavy atom. The molecule has 1 aromatic carbocycles. The normalized spacial score (nSPS) is 20.9. The first-order valence-corrected chi connectivity index (χ1v) is 9.49. The molecule has 1 amide bonds. The van der Waals surface area contributed by atoms with E-state index in [1.807, 2.05) is 4.90 Å². The Morgan fingerprint density at radius 3 is 2.75 bits per heavy atom. The van der Waals surface area contributed by atoms with Gasteiger partial charge in [-0.1, -0.05) is 12.1 Å². The molecule has 2 heterocycles. The van der Waals surface area contributed by atoms with Gasteiger partial charge >= 0.3 is 6.18 Å². The van der Waals surface area contributed by atoms with Gasteiger partial charge in [-0.3, -0.25) is 9.69 Å². The highest BCUT2D eigenvalue weighted by molar-refractivity contribution is 5.93. The zero-order chi connectivity index (χ0) is 19.7. The van der Waals surface area contributed by atoms with Crippen molar-refractivity contribution in [3.05, 3.63) is 42.0 Å². The van der Waals surface area contributed by atoms with Gasteiger partial charge in [-0.05, 0) is 44.4 Å². The fraction of sp³-hybridized carbons (Fsp3) is 0.526. The molecule has 2 fully saturated rings. The third-order valence-electron chi connectivity index (χ3n) is 5.29. The van der Waals surface area contributed by atoms with E-state index in [1.54, 1.807) is 6.33 Å². The van der Waals surface area contributed by atoms with Crippen molar-refractivity contribution < 1.29 is 18.0 Å². The van der Waals surface area contributed by atoms with Gasteiger partial charge < -0.3 is 9.88 Å². The second kappa shape index (κ2) is 7.54. The van der Waals surface area contributed by atoms with E-state index in [2.05, 4.69) is 20.1 Å². The number of anilines is 1. The summed E-state index contributed by atoms with van der Waals surface area (Å²) >= 11 is 0. The molecule has 1 aliphatic heterocycles. The summed E-state index contributed by atoms with van der Waals surface area (Å²) in [6.45, 7) is 1.45. The average molecular weight is 393 g/mol. The van der Waals surface area contributed by atoms with Crippen molar-refractivity contribution in [1.82, 2.24) is 19.7 Å². The van der Waals surface area contributed by atoms with Gasteiger partial charge in [0.1, 0.15) is 12.2 Å². The van der Waals surface area contributed by atoms with E-state index in [9.17, 15) is 18.0 Å². The molecule has 1 aliphatic carbocycles. The van der Waals surface area contributed by atoms with E-state index in [1.165, 1.54) is 18.2 Å². The van der Waals surface area contributed by atoms with Crippen LogP contribution in [0, 0.1) is 0 Å². The predicted octanol–water partition coefficient (Wildman–Crippen LogP) is 3.45. The number of benzene rings is 1. The smallest absolute Gasteiger partial charge is 0.324 e. The molecular formula is C19H22F3N5O. The lowest BCUT2D eigenvalue weighted by Gasteiger charge is -2.31. The monoisotopic (exact) mass is 393 g/mol. The van der Waals surface area contributed by atoms with E-state index in [0.29, 0.717) is 12.6 Å². The Hall–Kier alpha value is -2.42. The first kappa shape index (κ1) is 18.9. The fourth-order valence-corrected chi connectivity index (χ4v) is 3.82. The van der Waals surface area contributed by atoms with Crippen molar-refractivity contribution in [2.45, 2.75) is 43.8 Å². The maximum absolute atomic E-state index is 13.1. The summed E-state index contributed by atoms with van der Waals surface area (Å²) in [5.41, 5.74) is -1.04. The van der Waals surface area contributed by atoms with Crippen LogP contribution in [0.3, 0.4) is 0 Å². The lowest BCUT2D eigenvalue weighted by Crippen LogP contribution is -2.40. The Labute approximate surface area is 160 Å². The molecule has 0 bridgehead atoms. The van der Waals surface area contributed by atoms with Crippen molar-refractivity contribution >= 4 is 11.6 Å². The number of para-hydroxylation sites is 1. The molecule has 1 aromatic heterocycles. The number of piperidine rings is 1. The minimum atomic E-state index is -4.51. The maximum atomic E-state index is 13.1. The molecule has 9 heteroatoms. The number of amides is 1. The Kier molecular flexibility index (Phi) is 5.09. The van der Waals surface area contributed by atoms with Gasteiger partial charge in [-0.25, -0.2) is 0 Å². The van der Waals surface area contributed by atoms with Crippen molar-refractivity contribution in [1.29, 1.82) is 0 Å². The molecule has 1 unspecified atom stereocenters. The van der Waals surface area contributed by atoms with Gasteiger partial charge in [-0.15, -0.1) is 10.2 Å². The van der Waals surface area contributed by atoms with Crippen LogP contribution in [-0.2, 0) is 11.0 Å². The number of likely N-dealkylation sites (tertiary alicyclic amines) is 1. The molecule has 2 aliphatic rings. The third kappa shape index (κ3) is 4.19. The summed E-state index contributed by atoms with van der Waals surface area (Å²) in [6.07, 6.45) is 1.43. The molecule has 1 N–H and O–H groups in total. The molecule has 6 nitrogen and oxygen atoms in total. The minimum absolute atomic E-state index is 0.0558. The number of halogens is 3. The van der Waals surface area contributed by atoms with E-state index < -0.39 is 17.6 Å². The van der Waals surface area contributed by atoms with E-state index in [0.717, 1.165) is 44.1 Å².